The fourth-order valence-electron chi connectivity index (χ4n) is 3.62. The third-order valence-electron chi connectivity index (χ3n) is 5.80. The van der Waals surface area contributed by atoms with E-state index < -0.39 is 0 Å². The maximum absolute atomic E-state index is 8.49. The molecule has 34 heavy (non-hydrogen) atoms. The second-order valence-corrected chi connectivity index (χ2v) is 8.47. The summed E-state index contributed by atoms with van der Waals surface area (Å²) in [5.74, 6) is 0.721. The van der Waals surface area contributed by atoms with Crippen molar-refractivity contribution in [2.45, 2.75) is 20.8 Å². The molecule has 0 unspecified atom stereocenters. The van der Waals surface area contributed by atoms with E-state index in [1.54, 1.807) is 12.3 Å². The maximum atomic E-state index is 8.49. The number of anilines is 1. The van der Waals surface area contributed by atoms with Gasteiger partial charge in [-0.2, -0.15) is 0 Å². The van der Waals surface area contributed by atoms with Crippen molar-refractivity contribution < 1.29 is 5.32 Å². The number of nitrogens with two attached hydrogens (primary N) is 1. The Bertz CT molecular complexity index is 1200. The van der Waals surface area contributed by atoms with Crippen LogP contribution in [0.5, 0.6) is 0 Å². The molecule has 2 aromatic carbocycles. The first kappa shape index (κ1) is 24.9. The molecule has 0 fully saturated rings. The highest BCUT2D eigenvalue weighted by Crippen LogP contribution is 2.21. The van der Waals surface area contributed by atoms with Gasteiger partial charge in [0.05, 0.1) is 11.4 Å². The molecule has 0 radical (unpaired) electrons. The van der Waals surface area contributed by atoms with Crippen molar-refractivity contribution in [1.82, 2.24) is 10.6 Å². The number of rotatable bonds is 10. The SMILES string of the molecule is C=C(Nc1ccc(C(=C)NCCNC)c(C)c1)C(=N)/C=C1/N=CC=C(c2ccc(C)c(C)c2)[NH2+]1. The Hall–Kier alpha value is -3.74. The lowest BCUT2D eigenvalue weighted by Gasteiger charge is -2.15. The van der Waals surface area contributed by atoms with E-state index >= 15 is 0 Å². The Kier molecular flexibility index (Phi) is 8.35. The largest absolute Gasteiger partial charge is 0.384 e. The molecule has 0 spiro atoms. The Morgan fingerprint density at radius 3 is 2.53 bits per heavy atom. The van der Waals surface area contributed by atoms with Crippen LogP contribution in [0.3, 0.4) is 0 Å². The van der Waals surface area contributed by atoms with Gasteiger partial charge in [-0.25, -0.2) is 4.99 Å². The Morgan fingerprint density at radius 2 is 1.82 bits per heavy atom. The molecule has 1 aliphatic rings. The lowest BCUT2D eigenvalue weighted by Crippen LogP contribution is -2.79. The molecule has 0 saturated heterocycles. The predicted octanol–water partition coefficient (Wildman–Crippen LogP) is 3.87. The maximum Gasteiger partial charge on any atom is 0.231 e. The Labute approximate surface area is 202 Å². The van der Waals surface area contributed by atoms with E-state index in [1.165, 1.54) is 11.1 Å². The molecule has 0 bridgehead atoms. The minimum Gasteiger partial charge on any atom is -0.384 e. The predicted molar refractivity (Wildman–Crippen MR) is 145 cm³/mol. The first-order valence-electron chi connectivity index (χ1n) is 11.4. The first-order valence-corrected chi connectivity index (χ1v) is 11.4. The number of allylic oxidation sites excluding steroid dienone is 2. The zero-order valence-corrected chi connectivity index (χ0v) is 20.5. The summed E-state index contributed by atoms with van der Waals surface area (Å²) in [4.78, 5) is 4.42. The van der Waals surface area contributed by atoms with Crippen molar-refractivity contribution in [2.24, 2.45) is 4.99 Å². The van der Waals surface area contributed by atoms with Crippen LogP contribution in [0.4, 0.5) is 5.69 Å². The quantitative estimate of drug-likeness (QED) is 0.278. The van der Waals surface area contributed by atoms with Crippen molar-refractivity contribution in [3.63, 3.8) is 0 Å². The number of likely N-dealkylation sites (N-methyl/N-ethyl adjacent to an activating group) is 1. The molecule has 3 rings (SSSR count). The van der Waals surface area contributed by atoms with E-state index in [1.807, 2.05) is 43.6 Å². The molecule has 0 atom stereocenters. The van der Waals surface area contributed by atoms with Crippen LogP contribution in [0.2, 0.25) is 0 Å². The normalized spacial score (nSPS) is 14.0. The molecule has 2 aromatic rings. The highest BCUT2D eigenvalue weighted by atomic mass is 15.1. The molecule has 0 aliphatic carbocycles. The second kappa shape index (κ2) is 11.4. The van der Waals surface area contributed by atoms with Crippen molar-refractivity contribution in [2.75, 3.05) is 25.5 Å². The van der Waals surface area contributed by atoms with Crippen LogP contribution in [0.15, 0.2) is 78.2 Å². The van der Waals surface area contributed by atoms with Crippen LogP contribution < -0.4 is 21.3 Å². The zero-order valence-electron chi connectivity index (χ0n) is 20.5. The molecule has 0 saturated carbocycles. The topological polar surface area (TPSA) is 88.9 Å². The average molecular weight is 456 g/mol. The number of nitrogens with zero attached hydrogens (tertiary/aromatic N) is 1. The number of aryl methyl sites for hydroxylation is 3. The van der Waals surface area contributed by atoms with Gasteiger partial charge in [-0.1, -0.05) is 25.3 Å². The summed E-state index contributed by atoms with van der Waals surface area (Å²) in [5.41, 5.74) is 9.47. The zero-order chi connectivity index (χ0) is 24.7. The van der Waals surface area contributed by atoms with Crippen molar-refractivity contribution in [1.29, 1.82) is 5.41 Å². The van der Waals surface area contributed by atoms with Gasteiger partial charge in [0.25, 0.3) is 0 Å². The lowest BCUT2D eigenvalue weighted by molar-refractivity contribution is -0.510. The summed E-state index contributed by atoms with van der Waals surface area (Å²) < 4.78 is 0. The van der Waals surface area contributed by atoms with Gasteiger partial charge in [-0.3, -0.25) is 10.7 Å². The standard InChI is InChI=1S/C28H34N6/c1-18-7-8-23(15-19(18)2)27-11-12-32-28(34-27)17-26(29)22(5)33-24-9-10-25(20(3)16-24)21(4)31-14-13-30-6/h7-12,15-17,29-31,33-34H,4-5,13-14H2,1-3,6H3/p+1/b28-17-,29-26?. The number of nitrogens with one attached hydrogen (secondary N) is 4. The molecule has 6 N–H and O–H groups in total. The number of hydrogen-bond donors (Lipinski definition) is 5. The van der Waals surface area contributed by atoms with Crippen LogP contribution in [0.1, 0.15) is 27.8 Å². The smallest absolute Gasteiger partial charge is 0.231 e. The van der Waals surface area contributed by atoms with Crippen molar-refractivity contribution in [3.05, 3.63) is 101 Å². The van der Waals surface area contributed by atoms with E-state index in [0.717, 1.165) is 52.7 Å². The van der Waals surface area contributed by atoms with Gasteiger partial charge in [0.2, 0.25) is 5.82 Å². The van der Waals surface area contributed by atoms with Gasteiger partial charge in [0, 0.05) is 54.0 Å². The highest BCUT2D eigenvalue weighted by molar-refractivity contribution is 6.08. The number of benzene rings is 2. The van der Waals surface area contributed by atoms with Crippen LogP contribution >= 0.6 is 0 Å². The van der Waals surface area contributed by atoms with Crippen molar-refractivity contribution in [3.8, 4) is 0 Å². The first-order chi connectivity index (χ1) is 16.3. The minimum atomic E-state index is 0.282. The molecule has 6 heteroatoms. The van der Waals surface area contributed by atoms with Gasteiger partial charge < -0.3 is 16.0 Å². The summed E-state index contributed by atoms with van der Waals surface area (Å²) in [6.07, 6.45) is 5.50. The summed E-state index contributed by atoms with van der Waals surface area (Å²) in [7, 11) is 1.93. The Morgan fingerprint density at radius 1 is 1.03 bits per heavy atom. The molecule has 6 nitrogen and oxygen atoms in total. The molecule has 1 aliphatic heterocycles. The highest BCUT2D eigenvalue weighted by Gasteiger charge is 2.15. The van der Waals surface area contributed by atoms with Crippen LogP contribution in [0, 0.1) is 26.2 Å². The second-order valence-electron chi connectivity index (χ2n) is 8.47. The molecular weight excluding hydrogens is 420 g/mol. The van der Waals surface area contributed by atoms with E-state index in [-0.39, 0.29) is 5.71 Å². The number of hydrogen-bond acceptors (Lipinski definition) is 5. The summed E-state index contributed by atoms with van der Waals surface area (Å²) in [6.45, 7) is 16.2. The van der Waals surface area contributed by atoms with Gasteiger partial charge in [0.15, 0.2) is 0 Å². The molecule has 0 aromatic heterocycles. The molecular formula is C28H35N6+. The molecule has 1 heterocycles. The van der Waals surface area contributed by atoms with E-state index in [4.69, 9.17) is 5.41 Å². The van der Waals surface area contributed by atoms with Crippen LogP contribution in [-0.4, -0.2) is 32.1 Å². The summed E-state index contributed by atoms with van der Waals surface area (Å²) in [6, 6.07) is 12.5. The van der Waals surface area contributed by atoms with Crippen molar-refractivity contribution >= 4 is 29.0 Å². The molecule has 176 valence electrons. The third kappa shape index (κ3) is 6.41. The van der Waals surface area contributed by atoms with E-state index in [9.17, 15) is 0 Å². The monoisotopic (exact) mass is 455 g/mol. The van der Waals surface area contributed by atoms with Crippen LogP contribution in [0.25, 0.3) is 11.4 Å². The average Bonchev–Trinajstić information content (AvgIpc) is 2.81. The van der Waals surface area contributed by atoms with Gasteiger partial charge >= 0.3 is 0 Å². The summed E-state index contributed by atoms with van der Waals surface area (Å²) in [5, 5.41) is 20.2. The minimum absolute atomic E-state index is 0.282. The fourth-order valence-corrected chi connectivity index (χ4v) is 3.62. The number of quaternary nitrogens is 1. The van der Waals surface area contributed by atoms with E-state index in [2.05, 4.69) is 66.1 Å². The van der Waals surface area contributed by atoms with Gasteiger partial charge in [-0.05, 0) is 68.8 Å². The fraction of sp³-hybridized carbons (Fsp3) is 0.214. The number of aliphatic imine (C=N–C) groups is 1. The lowest BCUT2D eigenvalue weighted by atomic mass is 10.0. The molecule has 0 amide bonds. The summed E-state index contributed by atoms with van der Waals surface area (Å²) >= 11 is 0. The van der Waals surface area contributed by atoms with Gasteiger partial charge in [0.1, 0.15) is 5.70 Å². The Balaban J connectivity index is 1.63. The van der Waals surface area contributed by atoms with Gasteiger partial charge in [-0.15, -0.1) is 0 Å². The van der Waals surface area contributed by atoms with E-state index in [0.29, 0.717) is 5.70 Å². The van der Waals surface area contributed by atoms with Crippen LogP contribution in [-0.2, 0) is 0 Å². The third-order valence-corrected chi connectivity index (χ3v) is 5.80.